The molecule has 3 aliphatic heterocycles. The lowest BCUT2D eigenvalue weighted by Gasteiger charge is -2.39. The number of ether oxygens (including phenoxy) is 4. The van der Waals surface area contributed by atoms with Crippen LogP contribution in [0, 0.1) is 5.92 Å². The first-order chi connectivity index (χ1) is 20.9. The highest BCUT2D eigenvalue weighted by Crippen LogP contribution is 2.44. The van der Waals surface area contributed by atoms with E-state index in [-0.39, 0.29) is 71.8 Å². The normalized spacial score (nSPS) is 36.5. The molecule has 1 aliphatic carbocycles. The molecule has 8 atom stereocenters. The SMILES string of the molecule is CC(=O)OC(C)C=CC(=O)NC1CC(C)C(CC=C(C)CCC2CC3(CO3)CC(CC(=O)NC3CCC(N)CC3)O2)OC1C. The van der Waals surface area contributed by atoms with Gasteiger partial charge in [0.25, 0.3) is 0 Å². The quantitative estimate of drug-likeness (QED) is 0.129. The number of amides is 2. The second-order valence-electron chi connectivity index (χ2n) is 13.8. The third-order valence-electron chi connectivity index (χ3n) is 9.66. The van der Waals surface area contributed by atoms with Gasteiger partial charge in [-0.2, -0.15) is 0 Å². The summed E-state index contributed by atoms with van der Waals surface area (Å²) in [5.74, 6) is -0.233. The first-order valence-corrected chi connectivity index (χ1v) is 16.7. The van der Waals surface area contributed by atoms with Crippen LogP contribution in [0.1, 0.15) is 105 Å². The van der Waals surface area contributed by atoms with Crippen LogP contribution in [-0.2, 0) is 33.3 Å². The summed E-state index contributed by atoms with van der Waals surface area (Å²) in [6.07, 6.45) is 14.2. The number of esters is 1. The Kier molecular flexibility index (Phi) is 12.4. The van der Waals surface area contributed by atoms with Gasteiger partial charge in [-0.25, -0.2) is 0 Å². The minimum absolute atomic E-state index is 0.0750. The van der Waals surface area contributed by atoms with Gasteiger partial charge < -0.3 is 35.3 Å². The molecule has 1 saturated carbocycles. The molecule has 0 bridgehead atoms. The van der Waals surface area contributed by atoms with Gasteiger partial charge in [0, 0.05) is 37.9 Å². The zero-order valence-electron chi connectivity index (χ0n) is 27.3. The molecule has 1 spiro atoms. The van der Waals surface area contributed by atoms with Gasteiger partial charge in [0.1, 0.15) is 6.10 Å². The number of nitrogens with two attached hydrogens (primary N) is 1. The summed E-state index contributed by atoms with van der Waals surface area (Å²) in [4.78, 5) is 36.3. The van der Waals surface area contributed by atoms with Gasteiger partial charge in [0.15, 0.2) is 0 Å². The molecule has 0 aromatic rings. The monoisotopic (exact) mass is 617 g/mol. The molecule has 4 fully saturated rings. The molecule has 0 aromatic carbocycles. The summed E-state index contributed by atoms with van der Waals surface area (Å²) >= 11 is 0. The first-order valence-electron chi connectivity index (χ1n) is 16.7. The highest BCUT2D eigenvalue weighted by atomic mass is 16.6. The Morgan fingerprint density at radius 3 is 2.43 bits per heavy atom. The number of hydrogen-bond acceptors (Lipinski definition) is 8. The molecule has 10 heteroatoms. The third-order valence-corrected chi connectivity index (χ3v) is 9.66. The maximum atomic E-state index is 12.8. The Labute approximate surface area is 263 Å². The van der Waals surface area contributed by atoms with Crippen molar-refractivity contribution in [3.05, 3.63) is 23.8 Å². The molecule has 4 aliphatic rings. The molecular weight excluding hydrogens is 562 g/mol. The van der Waals surface area contributed by atoms with Gasteiger partial charge in [-0.05, 0) is 84.1 Å². The van der Waals surface area contributed by atoms with Gasteiger partial charge in [-0.3, -0.25) is 14.4 Å². The summed E-state index contributed by atoms with van der Waals surface area (Å²) in [7, 11) is 0. The van der Waals surface area contributed by atoms with Crippen molar-refractivity contribution in [1.82, 2.24) is 10.6 Å². The van der Waals surface area contributed by atoms with Crippen LogP contribution in [0.15, 0.2) is 23.8 Å². The van der Waals surface area contributed by atoms with Gasteiger partial charge in [0.2, 0.25) is 11.8 Å². The molecule has 248 valence electrons. The summed E-state index contributed by atoms with van der Waals surface area (Å²) in [6.45, 7) is 10.2. The number of carbonyl (C=O) groups excluding carboxylic acids is 3. The van der Waals surface area contributed by atoms with E-state index in [0.29, 0.717) is 6.42 Å². The smallest absolute Gasteiger partial charge is 0.303 e. The molecule has 4 rings (SSSR count). The van der Waals surface area contributed by atoms with E-state index < -0.39 is 6.10 Å². The van der Waals surface area contributed by atoms with E-state index in [9.17, 15) is 14.4 Å². The van der Waals surface area contributed by atoms with Crippen molar-refractivity contribution in [3.8, 4) is 0 Å². The van der Waals surface area contributed by atoms with E-state index in [1.165, 1.54) is 18.6 Å². The van der Waals surface area contributed by atoms with E-state index in [1.54, 1.807) is 13.0 Å². The van der Waals surface area contributed by atoms with Crippen LogP contribution in [0.25, 0.3) is 0 Å². The molecular formula is C34H55N3O7. The van der Waals surface area contributed by atoms with Crippen molar-refractivity contribution in [2.24, 2.45) is 11.7 Å². The molecule has 3 saturated heterocycles. The lowest BCUT2D eigenvalue weighted by atomic mass is 9.87. The minimum Gasteiger partial charge on any atom is -0.459 e. The first kappa shape index (κ1) is 34.6. The van der Waals surface area contributed by atoms with Crippen LogP contribution in [0.3, 0.4) is 0 Å². The number of epoxide rings is 1. The van der Waals surface area contributed by atoms with E-state index in [0.717, 1.165) is 70.8 Å². The van der Waals surface area contributed by atoms with E-state index in [4.69, 9.17) is 24.7 Å². The van der Waals surface area contributed by atoms with Crippen LogP contribution in [-0.4, -0.2) is 78.6 Å². The van der Waals surface area contributed by atoms with Crippen molar-refractivity contribution < 1.29 is 33.3 Å². The fraction of sp³-hybridized carbons (Fsp3) is 0.794. The summed E-state index contributed by atoms with van der Waals surface area (Å²) in [6, 6.07) is 0.419. The van der Waals surface area contributed by atoms with Gasteiger partial charge in [-0.1, -0.05) is 18.6 Å². The summed E-state index contributed by atoms with van der Waals surface area (Å²) < 4.78 is 23.7. The van der Waals surface area contributed by atoms with Crippen LogP contribution in [0.2, 0.25) is 0 Å². The molecule has 0 radical (unpaired) electrons. The third kappa shape index (κ3) is 11.0. The molecule has 10 nitrogen and oxygen atoms in total. The van der Waals surface area contributed by atoms with Gasteiger partial charge >= 0.3 is 5.97 Å². The highest BCUT2D eigenvalue weighted by Gasteiger charge is 2.51. The number of carbonyl (C=O) groups is 3. The zero-order valence-corrected chi connectivity index (χ0v) is 27.3. The number of nitrogens with one attached hydrogen (secondary N) is 2. The van der Waals surface area contributed by atoms with Crippen LogP contribution in [0.4, 0.5) is 0 Å². The molecule has 4 N–H and O–H groups in total. The average Bonchev–Trinajstić information content (AvgIpc) is 3.69. The Morgan fingerprint density at radius 2 is 1.75 bits per heavy atom. The van der Waals surface area contributed by atoms with Gasteiger partial charge in [0.05, 0.1) is 49.1 Å². The highest BCUT2D eigenvalue weighted by molar-refractivity contribution is 5.87. The summed E-state index contributed by atoms with van der Waals surface area (Å²) in [5, 5.41) is 6.24. The van der Waals surface area contributed by atoms with E-state index >= 15 is 0 Å². The molecule has 0 aromatic heterocycles. The van der Waals surface area contributed by atoms with Crippen LogP contribution < -0.4 is 16.4 Å². The van der Waals surface area contributed by atoms with Crippen LogP contribution in [0.5, 0.6) is 0 Å². The largest absolute Gasteiger partial charge is 0.459 e. The summed E-state index contributed by atoms with van der Waals surface area (Å²) in [5.41, 5.74) is 7.21. The predicted molar refractivity (Wildman–Crippen MR) is 168 cm³/mol. The number of allylic oxidation sites excluding steroid dienone is 1. The second-order valence-corrected chi connectivity index (χ2v) is 13.8. The second kappa shape index (κ2) is 15.8. The number of rotatable bonds is 12. The average molecular weight is 618 g/mol. The number of hydrogen-bond donors (Lipinski definition) is 3. The molecule has 2 amide bonds. The van der Waals surface area contributed by atoms with Crippen molar-refractivity contribution in [1.29, 1.82) is 0 Å². The Bertz CT molecular complexity index is 1050. The maximum absolute atomic E-state index is 12.8. The van der Waals surface area contributed by atoms with Crippen molar-refractivity contribution in [2.45, 2.75) is 159 Å². The molecule has 3 heterocycles. The zero-order chi connectivity index (χ0) is 31.9. The van der Waals surface area contributed by atoms with Gasteiger partial charge in [-0.15, -0.1) is 0 Å². The Morgan fingerprint density at radius 1 is 1.05 bits per heavy atom. The standard InChI is InChI=1S/C34H55N3O7/c1-21(7-14-31-22(2)16-30(24(4)43-31)37-32(39)15-8-23(3)42-25(5)38)6-13-28-18-34(20-41-34)19-29(44-28)17-33(40)36-27-11-9-26(35)10-12-27/h7-8,15,22-24,26-31H,6,9-14,16-20,35H2,1-5H3,(H,36,40)(H,37,39). The lowest BCUT2D eigenvalue weighted by molar-refractivity contribution is -0.143. The maximum Gasteiger partial charge on any atom is 0.303 e. The van der Waals surface area contributed by atoms with Crippen molar-refractivity contribution in [3.63, 3.8) is 0 Å². The van der Waals surface area contributed by atoms with E-state index in [2.05, 4.69) is 30.6 Å². The molecule has 8 unspecified atom stereocenters. The minimum atomic E-state index is -0.455. The topological polar surface area (TPSA) is 142 Å². The van der Waals surface area contributed by atoms with E-state index in [1.807, 2.05) is 6.92 Å². The van der Waals surface area contributed by atoms with Crippen LogP contribution >= 0.6 is 0 Å². The Balaban J connectivity index is 1.18. The van der Waals surface area contributed by atoms with Crippen molar-refractivity contribution in [2.75, 3.05) is 6.61 Å². The molecule has 44 heavy (non-hydrogen) atoms. The lowest BCUT2D eigenvalue weighted by Crippen LogP contribution is -2.50. The van der Waals surface area contributed by atoms with Crippen molar-refractivity contribution >= 4 is 17.8 Å². The fourth-order valence-corrected chi connectivity index (χ4v) is 6.94. The Hall–Kier alpha value is -2.27. The fourth-order valence-electron chi connectivity index (χ4n) is 6.94. The predicted octanol–water partition coefficient (Wildman–Crippen LogP) is 4.00.